The first-order valence-corrected chi connectivity index (χ1v) is 8.01. The second-order valence-corrected chi connectivity index (χ2v) is 5.54. The highest BCUT2D eigenvalue weighted by Crippen LogP contribution is 2.29. The summed E-state index contributed by atoms with van der Waals surface area (Å²) in [6.07, 6.45) is 0. The van der Waals surface area contributed by atoms with Crippen molar-refractivity contribution in [3.63, 3.8) is 0 Å². The molecule has 0 bridgehead atoms. The molecule has 2 rings (SSSR count). The van der Waals surface area contributed by atoms with Gasteiger partial charge in [0.1, 0.15) is 5.82 Å². The van der Waals surface area contributed by atoms with E-state index in [1.807, 2.05) is 0 Å². The van der Waals surface area contributed by atoms with Gasteiger partial charge < -0.3 is 14.8 Å². The molecule has 0 saturated heterocycles. The zero-order chi connectivity index (χ0) is 19.8. The van der Waals surface area contributed by atoms with Crippen LogP contribution in [0.2, 0.25) is 0 Å². The number of ether oxygens (including phenoxy) is 2. The van der Waals surface area contributed by atoms with E-state index in [1.165, 1.54) is 37.4 Å². The molecular weight excluding hydrogens is 383 g/mol. The molecule has 2 aromatic rings. The second-order valence-electron chi connectivity index (χ2n) is 5.13. The van der Waals surface area contributed by atoms with Crippen molar-refractivity contribution in [2.45, 2.75) is 13.2 Å². The van der Waals surface area contributed by atoms with Crippen molar-refractivity contribution in [3.8, 4) is 11.5 Å². The van der Waals surface area contributed by atoms with Gasteiger partial charge in [0.05, 0.1) is 7.11 Å². The molecule has 0 atom stereocenters. The zero-order valence-electron chi connectivity index (χ0n) is 14.1. The van der Waals surface area contributed by atoms with Crippen molar-refractivity contribution in [3.05, 3.63) is 59.4 Å². The summed E-state index contributed by atoms with van der Waals surface area (Å²) in [5.41, 5.74) is 5.80. The number of benzene rings is 2. The Labute approximate surface area is 158 Å². The van der Waals surface area contributed by atoms with Crippen LogP contribution in [0.3, 0.4) is 0 Å². The first kappa shape index (κ1) is 20.3. The molecule has 144 valence electrons. The van der Waals surface area contributed by atoms with Crippen LogP contribution in [-0.2, 0) is 6.54 Å². The van der Waals surface area contributed by atoms with Crippen molar-refractivity contribution in [2.75, 3.05) is 7.11 Å². The van der Waals surface area contributed by atoms with Gasteiger partial charge in [-0.15, -0.1) is 0 Å². The molecular formula is C17H16F3N3O3S. The monoisotopic (exact) mass is 399 g/mol. The minimum atomic E-state index is -3.01. The van der Waals surface area contributed by atoms with Crippen LogP contribution in [0.15, 0.2) is 42.5 Å². The molecule has 0 aliphatic heterocycles. The van der Waals surface area contributed by atoms with Crippen molar-refractivity contribution >= 4 is 23.2 Å². The lowest BCUT2D eigenvalue weighted by atomic mass is 10.2. The summed E-state index contributed by atoms with van der Waals surface area (Å²) >= 11 is 5.03. The van der Waals surface area contributed by atoms with Gasteiger partial charge in [0.25, 0.3) is 5.91 Å². The minimum absolute atomic E-state index is 0.0139. The average molecular weight is 399 g/mol. The van der Waals surface area contributed by atoms with Crippen LogP contribution in [0.5, 0.6) is 11.5 Å². The van der Waals surface area contributed by atoms with E-state index >= 15 is 0 Å². The molecule has 27 heavy (non-hydrogen) atoms. The summed E-state index contributed by atoms with van der Waals surface area (Å²) in [6.45, 7) is -2.68. The molecule has 0 radical (unpaired) electrons. The number of hydrogen-bond donors (Lipinski definition) is 3. The van der Waals surface area contributed by atoms with Gasteiger partial charge in [-0.2, -0.15) is 8.78 Å². The molecule has 0 fully saturated rings. The molecule has 6 nitrogen and oxygen atoms in total. The fourth-order valence-corrected chi connectivity index (χ4v) is 2.14. The van der Waals surface area contributed by atoms with E-state index in [0.717, 1.165) is 5.56 Å². The van der Waals surface area contributed by atoms with Crippen LogP contribution < -0.4 is 25.6 Å². The van der Waals surface area contributed by atoms with Crippen molar-refractivity contribution in [1.82, 2.24) is 16.2 Å². The lowest BCUT2D eigenvalue weighted by Crippen LogP contribution is -2.46. The van der Waals surface area contributed by atoms with E-state index in [1.54, 1.807) is 12.1 Å². The fraction of sp³-hybridized carbons (Fsp3) is 0.176. The molecule has 0 saturated carbocycles. The van der Waals surface area contributed by atoms with Crippen LogP contribution in [0.4, 0.5) is 13.2 Å². The first-order chi connectivity index (χ1) is 12.9. The fourth-order valence-electron chi connectivity index (χ4n) is 2.02. The molecule has 1 amide bonds. The number of halogens is 3. The summed E-state index contributed by atoms with van der Waals surface area (Å²) in [5, 5.41) is 2.97. The molecule has 0 aromatic heterocycles. The number of carbonyl (C=O) groups excluding carboxylic acids is 1. The topological polar surface area (TPSA) is 71.6 Å². The molecule has 0 spiro atoms. The third-order valence-electron chi connectivity index (χ3n) is 3.30. The molecule has 0 aliphatic carbocycles. The number of methoxy groups -OCH3 is 1. The summed E-state index contributed by atoms with van der Waals surface area (Å²) in [7, 11) is 1.27. The molecule has 0 aliphatic rings. The highest BCUT2D eigenvalue weighted by molar-refractivity contribution is 7.80. The SMILES string of the molecule is COc1cc(C(=O)NNC(=S)NCc2ccc(F)cc2)ccc1OC(F)F. The van der Waals surface area contributed by atoms with Gasteiger partial charge >= 0.3 is 6.61 Å². The maximum atomic E-state index is 12.8. The van der Waals surface area contributed by atoms with Gasteiger partial charge in [0.15, 0.2) is 16.6 Å². The van der Waals surface area contributed by atoms with Crippen LogP contribution in [0.1, 0.15) is 15.9 Å². The van der Waals surface area contributed by atoms with Gasteiger partial charge in [-0.1, -0.05) is 12.1 Å². The van der Waals surface area contributed by atoms with E-state index < -0.39 is 12.5 Å². The summed E-state index contributed by atoms with van der Waals surface area (Å²) < 4.78 is 46.7. The van der Waals surface area contributed by atoms with Crippen LogP contribution in [-0.4, -0.2) is 24.7 Å². The Morgan fingerprint density at radius 2 is 1.81 bits per heavy atom. The Bertz CT molecular complexity index is 804. The summed E-state index contributed by atoms with van der Waals surface area (Å²) in [5.74, 6) is -1.11. The molecule has 0 heterocycles. The van der Waals surface area contributed by atoms with E-state index in [0.29, 0.717) is 6.54 Å². The average Bonchev–Trinajstić information content (AvgIpc) is 2.65. The van der Waals surface area contributed by atoms with Crippen LogP contribution in [0, 0.1) is 5.82 Å². The zero-order valence-corrected chi connectivity index (χ0v) is 14.9. The van der Waals surface area contributed by atoms with Gasteiger partial charge in [0, 0.05) is 12.1 Å². The summed E-state index contributed by atoms with van der Waals surface area (Å²) in [4.78, 5) is 12.1. The minimum Gasteiger partial charge on any atom is -0.493 e. The number of nitrogens with one attached hydrogen (secondary N) is 3. The molecule has 0 unspecified atom stereocenters. The van der Waals surface area contributed by atoms with Gasteiger partial charge in [0.2, 0.25) is 0 Å². The lowest BCUT2D eigenvalue weighted by Gasteiger charge is -2.13. The first-order valence-electron chi connectivity index (χ1n) is 7.60. The van der Waals surface area contributed by atoms with Crippen molar-refractivity contribution in [2.24, 2.45) is 0 Å². The van der Waals surface area contributed by atoms with Crippen LogP contribution >= 0.6 is 12.2 Å². The highest BCUT2D eigenvalue weighted by Gasteiger charge is 2.14. The van der Waals surface area contributed by atoms with E-state index in [-0.39, 0.29) is 28.0 Å². The number of amides is 1. The second kappa shape index (κ2) is 9.62. The maximum Gasteiger partial charge on any atom is 0.387 e. The Balaban J connectivity index is 1.87. The van der Waals surface area contributed by atoms with E-state index in [9.17, 15) is 18.0 Å². The van der Waals surface area contributed by atoms with Gasteiger partial charge in [-0.05, 0) is 48.1 Å². The van der Waals surface area contributed by atoms with Gasteiger partial charge in [-0.25, -0.2) is 4.39 Å². The molecule has 2 aromatic carbocycles. The Morgan fingerprint density at radius 1 is 1.11 bits per heavy atom. The summed E-state index contributed by atoms with van der Waals surface area (Å²) in [6, 6.07) is 9.59. The largest absolute Gasteiger partial charge is 0.493 e. The van der Waals surface area contributed by atoms with E-state index in [2.05, 4.69) is 20.9 Å². The molecule has 3 N–H and O–H groups in total. The van der Waals surface area contributed by atoms with Crippen LogP contribution in [0.25, 0.3) is 0 Å². The lowest BCUT2D eigenvalue weighted by molar-refractivity contribution is -0.0512. The normalized spacial score (nSPS) is 10.3. The maximum absolute atomic E-state index is 12.8. The molecule has 10 heteroatoms. The predicted octanol–water partition coefficient (Wildman–Crippen LogP) is 2.74. The quantitative estimate of drug-likeness (QED) is 0.513. The number of thiocarbonyl (C=S) groups is 1. The number of alkyl halides is 2. The smallest absolute Gasteiger partial charge is 0.387 e. The van der Waals surface area contributed by atoms with E-state index in [4.69, 9.17) is 17.0 Å². The highest BCUT2D eigenvalue weighted by atomic mass is 32.1. The number of hydrazine groups is 1. The Kier molecular flexibility index (Phi) is 7.24. The Hall–Kier alpha value is -3.01. The standard InChI is InChI=1S/C17H16F3N3O3S/c1-25-14-8-11(4-7-13(14)26-16(19)20)15(24)22-23-17(27)21-9-10-2-5-12(18)6-3-10/h2-8,16H,9H2,1H3,(H,22,24)(H2,21,23,27). The predicted molar refractivity (Wildman–Crippen MR) is 96.1 cm³/mol. The van der Waals surface area contributed by atoms with Gasteiger partial charge in [-0.3, -0.25) is 15.6 Å². The van der Waals surface area contributed by atoms with Crippen molar-refractivity contribution in [1.29, 1.82) is 0 Å². The third kappa shape index (κ3) is 6.33. The number of hydrogen-bond acceptors (Lipinski definition) is 4. The Morgan fingerprint density at radius 3 is 2.44 bits per heavy atom. The number of carbonyl (C=O) groups is 1. The number of rotatable bonds is 6. The van der Waals surface area contributed by atoms with Crippen molar-refractivity contribution < 1.29 is 27.4 Å². The third-order valence-corrected chi connectivity index (χ3v) is 3.54.